The van der Waals surface area contributed by atoms with Crippen LogP contribution in [0.25, 0.3) is 0 Å². The Labute approximate surface area is 201 Å². The number of amides is 1. The summed E-state index contributed by atoms with van der Waals surface area (Å²) in [6, 6.07) is 29.3. The van der Waals surface area contributed by atoms with Crippen molar-refractivity contribution in [3.8, 4) is 6.07 Å². The predicted octanol–water partition coefficient (Wildman–Crippen LogP) is 5.06. The average Bonchev–Trinajstić information content (AvgIpc) is 2.88. The average molecular weight is 451 g/mol. The number of nitriles is 1. The Balaban J connectivity index is 1.46. The van der Waals surface area contributed by atoms with Crippen molar-refractivity contribution < 1.29 is 4.79 Å². The van der Waals surface area contributed by atoms with Gasteiger partial charge in [-0.2, -0.15) is 5.26 Å². The zero-order chi connectivity index (χ0) is 23.9. The number of benzene rings is 3. The van der Waals surface area contributed by atoms with E-state index in [1.807, 2.05) is 44.2 Å². The third kappa shape index (κ3) is 5.36. The van der Waals surface area contributed by atoms with Gasteiger partial charge < -0.3 is 10.2 Å². The molecule has 3 aromatic carbocycles. The first kappa shape index (κ1) is 23.3. The second-order valence-corrected chi connectivity index (χ2v) is 8.68. The van der Waals surface area contributed by atoms with Gasteiger partial charge in [0.2, 0.25) is 0 Å². The second-order valence-electron chi connectivity index (χ2n) is 8.68. The van der Waals surface area contributed by atoms with Crippen molar-refractivity contribution in [3.63, 3.8) is 0 Å². The minimum absolute atomic E-state index is 0.122. The van der Waals surface area contributed by atoms with Gasteiger partial charge in [0.05, 0.1) is 6.04 Å². The second kappa shape index (κ2) is 10.8. The van der Waals surface area contributed by atoms with Crippen molar-refractivity contribution in [2.75, 3.05) is 31.5 Å². The van der Waals surface area contributed by atoms with E-state index in [4.69, 9.17) is 0 Å². The van der Waals surface area contributed by atoms with Crippen molar-refractivity contribution in [2.24, 2.45) is 0 Å². The molecule has 0 aliphatic carbocycles. The van der Waals surface area contributed by atoms with Crippen LogP contribution in [0, 0.1) is 25.2 Å². The maximum atomic E-state index is 13.1. The zero-order valence-electron chi connectivity index (χ0n) is 19.7. The molecular weight excluding hydrogens is 420 g/mol. The van der Waals surface area contributed by atoms with Crippen molar-refractivity contribution in [1.82, 2.24) is 9.80 Å². The summed E-state index contributed by atoms with van der Waals surface area (Å²) >= 11 is 0. The number of carbonyl (C=O) groups excluding carboxylic acids is 1. The maximum absolute atomic E-state index is 13.1. The summed E-state index contributed by atoms with van der Waals surface area (Å²) in [5.74, 6) is -0.226. The Morgan fingerprint density at radius 1 is 0.912 bits per heavy atom. The molecule has 34 heavy (non-hydrogen) atoms. The third-order valence-electron chi connectivity index (χ3n) is 6.31. The number of nitrogens with zero attached hydrogens (tertiary/aromatic N) is 3. The lowest BCUT2D eigenvalue weighted by Gasteiger charge is -2.39. The zero-order valence-corrected chi connectivity index (χ0v) is 19.7. The van der Waals surface area contributed by atoms with Crippen LogP contribution >= 0.6 is 0 Å². The van der Waals surface area contributed by atoms with Gasteiger partial charge in [-0.1, -0.05) is 72.8 Å². The van der Waals surface area contributed by atoms with E-state index in [2.05, 4.69) is 64.8 Å². The summed E-state index contributed by atoms with van der Waals surface area (Å²) in [5, 5.41) is 12.8. The van der Waals surface area contributed by atoms with E-state index in [1.54, 1.807) is 4.90 Å². The van der Waals surface area contributed by atoms with Gasteiger partial charge in [-0.15, -0.1) is 0 Å². The van der Waals surface area contributed by atoms with Gasteiger partial charge in [0.25, 0.3) is 5.91 Å². The van der Waals surface area contributed by atoms with Crippen molar-refractivity contribution in [1.29, 1.82) is 5.26 Å². The molecule has 1 aliphatic heterocycles. The number of carbonyl (C=O) groups is 1. The van der Waals surface area contributed by atoms with Crippen LogP contribution in [0.5, 0.6) is 0 Å². The van der Waals surface area contributed by atoms with Gasteiger partial charge in [-0.05, 0) is 42.2 Å². The van der Waals surface area contributed by atoms with E-state index in [0.717, 1.165) is 29.9 Å². The van der Waals surface area contributed by atoms with E-state index >= 15 is 0 Å². The van der Waals surface area contributed by atoms with Gasteiger partial charge in [0, 0.05) is 38.1 Å². The van der Waals surface area contributed by atoms with Crippen LogP contribution in [0.2, 0.25) is 0 Å². The fourth-order valence-electron chi connectivity index (χ4n) is 4.42. The molecule has 0 saturated carbocycles. The number of rotatable bonds is 6. The lowest BCUT2D eigenvalue weighted by molar-refractivity contribution is -0.128. The Morgan fingerprint density at radius 3 is 2.06 bits per heavy atom. The maximum Gasteiger partial charge on any atom is 0.266 e. The third-order valence-corrected chi connectivity index (χ3v) is 6.31. The van der Waals surface area contributed by atoms with Crippen molar-refractivity contribution in [2.45, 2.75) is 19.9 Å². The normalized spacial score (nSPS) is 14.6. The first-order chi connectivity index (χ1) is 16.6. The van der Waals surface area contributed by atoms with Gasteiger partial charge >= 0.3 is 0 Å². The lowest BCUT2D eigenvalue weighted by atomic mass is 9.96. The molecule has 0 aromatic heterocycles. The number of aryl methyl sites for hydroxylation is 2. The van der Waals surface area contributed by atoms with Crippen LogP contribution in [0.15, 0.2) is 90.6 Å². The highest BCUT2D eigenvalue weighted by Gasteiger charge is 2.29. The molecule has 0 unspecified atom stereocenters. The van der Waals surface area contributed by atoms with Crippen molar-refractivity contribution in [3.05, 3.63) is 113 Å². The van der Waals surface area contributed by atoms with Crippen LogP contribution in [0.1, 0.15) is 28.3 Å². The van der Waals surface area contributed by atoms with Gasteiger partial charge in [0.1, 0.15) is 11.6 Å². The number of hydrogen-bond donors (Lipinski definition) is 1. The fourth-order valence-corrected chi connectivity index (χ4v) is 4.42. The fraction of sp³-hybridized carbons (Fsp3) is 0.241. The van der Waals surface area contributed by atoms with Gasteiger partial charge in [-0.25, -0.2) is 0 Å². The molecule has 1 fully saturated rings. The van der Waals surface area contributed by atoms with Crippen LogP contribution in [0.3, 0.4) is 0 Å². The summed E-state index contributed by atoms with van der Waals surface area (Å²) in [4.78, 5) is 17.3. The molecule has 0 spiro atoms. The van der Waals surface area contributed by atoms with E-state index in [0.29, 0.717) is 13.1 Å². The van der Waals surface area contributed by atoms with Crippen LogP contribution in [0.4, 0.5) is 5.69 Å². The molecule has 1 heterocycles. The molecule has 4 rings (SSSR count). The number of nitrogens with one attached hydrogen (secondary N) is 1. The van der Waals surface area contributed by atoms with E-state index in [9.17, 15) is 10.1 Å². The highest BCUT2D eigenvalue weighted by Crippen LogP contribution is 2.29. The molecule has 0 atom stereocenters. The largest absolute Gasteiger partial charge is 0.360 e. The molecular formula is C29H30N4O. The molecule has 1 aliphatic rings. The van der Waals surface area contributed by atoms with Crippen LogP contribution in [-0.4, -0.2) is 41.9 Å². The highest BCUT2D eigenvalue weighted by molar-refractivity contribution is 5.97. The van der Waals surface area contributed by atoms with E-state index < -0.39 is 0 Å². The standard InChI is InChI=1S/C29H30N4O/c1-22-13-14-23(2)27(19-22)31-21-26(20-30)29(34)33-17-15-32(16-18-33)28(24-9-5-3-6-10-24)25-11-7-4-8-12-25/h3-14,19,21,28,31H,15-18H2,1-2H3/b26-21-. The minimum Gasteiger partial charge on any atom is -0.360 e. The number of anilines is 1. The Kier molecular flexibility index (Phi) is 7.41. The van der Waals surface area contributed by atoms with E-state index in [1.165, 1.54) is 17.3 Å². The number of piperazine rings is 1. The molecule has 1 N–H and O–H groups in total. The van der Waals surface area contributed by atoms with Gasteiger partial charge in [0.15, 0.2) is 0 Å². The summed E-state index contributed by atoms with van der Waals surface area (Å²) in [6.07, 6.45) is 1.53. The quantitative estimate of drug-likeness (QED) is 0.421. The molecule has 0 radical (unpaired) electrons. The minimum atomic E-state index is -0.226. The SMILES string of the molecule is Cc1ccc(C)c(N/C=C(/C#N)C(=O)N2CCN(C(c3ccccc3)c3ccccc3)CC2)c1. The Hall–Kier alpha value is -3.88. The number of hydrogen-bond acceptors (Lipinski definition) is 4. The molecule has 172 valence electrons. The Bertz CT molecular complexity index is 1150. The summed E-state index contributed by atoms with van der Waals surface area (Å²) < 4.78 is 0. The van der Waals surface area contributed by atoms with Crippen molar-refractivity contribution >= 4 is 11.6 Å². The summed E-state index contributed by atoms with van der Waals surface area (Å²) in [7, 11) is 0. The summed E-state index contributed by atoms with van der Waals surface area (Å²) in [5.41, 5.74) is 5.69. The first-order valence-corrected chi connectivity index (χ1v) is 11.6. The molecule has 3 aromatic rings. The first-order valence-electron chi connectivity index (χ1n) is 11.6. The van der Waals surface area contributed by atoms with Crippen LogP contribution in [-0.2, 0) is 4.79 Å². The molecule has 5 heteroatoms. The monoisotopic (exact) mass is 450 g/mol. The summed E-state index contributed by atoms with van der Waals surface area (Å²) in [6.45, 7) is 6.66. The molecule has 5 nitrogen and oxygen atoms in total. The smallest absolute Gasteiger partial charge is 0.266 e. The topological polar surface area (TPSA) is 59.4 Å². The molecule has 0 bridgehead atoms. The molecule has 1 saturated heterocycles. The predicted molar refractivity (Wildman–Crippen MR) is 136 cm³/mol. The van der Waals surface area contributed by atoms with Crippen LogP contribution < -0.4 is 5.32 Å². The molecule has 1 amide bonds. The van der Waals surface area contributed by atoms with Gasteiger partial charge in [-0.3, -0.25) is 9.69 Å². The van der Waals surface area contributed by atoms with E-state index in [-0.39, 0.29) is 17.5 Å². The highest BCUT2D eigenvalue weighted by atomic mass is 16.2. The Morgan fingerprint density at radius 2 is 1.50 bits per heavy atom. The lowest BCUT2D eigenvalue weighted by Crippen LogP contribution is -2.50.